The van der Waals surface area contributed by atoms with Gasteiger partial charge in [0.1, 0.15) is 19.8 Å². The van der Waals surface area contributed by atoms with Crippen molar-refractivity contribution in [3.8, 4) is 22.5 Å². The maximum atomic E-state index is 12.7. The predicted octanol–water partition coefficient (Wildman–Crippen LogP) is 7.06. The molecule has 0 unspecified atom stereocenters. The molecule has 5 N–H and O–H groups in total. The summed E-state index contributed by atoms with van der Waals surface area (Å²) < 4.78 is 22.2. The van der Waals surface area contributed by atoms with Crippen LogP contribution in [0.15, 0.2) is 108 Å². The van der Waals surface area contributed by atoms with Crippen LogP contribution in [-0.4, -0.2) is 69.4 Å². The van der Waals surface area contributed by atoms with Crippen molar-refractivity contribution in [2.45, 2.75) is 69.8 Å². The van der Waals surface area contributed by atoms with Crippen LogP contribution in [-0.2, 0) is 62.1 Å². The van der Waals surface area contributed by atoms with Crippen molar-refractivity contribution in [2.24, 2.45) is 19.1 Å². The fourth-order valence-electron chi connectivity index (χ4n) is 5.80. The van der Waals surface area contributed by atoms with Crippen LogP contribution in [0.3, 0.4) is 0 Å². The number of phosphoric acid groups is 1. The molecule has 0 aliphatic carbocycles. The molecule has 2 aromatic carbocycles. The first-order chi connectivity index (χ1) is 32.1. The molecule has 379 valence electrons. The molecule has 8 rings (SSSR count). The Morgan fingerprint density at radius 3 is 1.73 bits per heavy atom. The van der Waals surface area contributed by atoms with E-state index in [-0.39, 0.29) is 68.4 Å². The van der Waals surface area contributed by atoms with E-state index >= 15 is 0 Å². The van der Waals surface area contributed by atoms with Crippen molar-refractivity contribution in [3.63, 3.8) is 0 Å². The van der Waals surface area contributed by atoms with Crippen LogP contribution in [0.2, 0.25) is 0 Å². The summed E-state index contributed by atoms with van der Waals surface area (Å²) in [5.41, 5.74) is 1.07. The Morgan fingerprint density at radius 1 is 0.771 bits per heavy atom. The Bertz CT molecular complexity index is 3300. The van der Waals surface area contributed by atoms with Crippen molar-refractivity contribution in [3.05, 3.63) is 131 Å². The van der Waals surface area contributed by atoms with Crippen LogP contribution in [0.4, 0.5) is 5.13 Å². The van der Waals surface area contributed by atoms with Crippen molar-refractivity contribution in [1.82, 2.24) is 47.8 Å². The van der Waals surface area contributed by atoms with E-state index in [1.54, 1.807) is 29.6 Å². The van der Waals surface area contributed by atoms with Gasteiger partial charge in [-0.05, 0) is 5.56 Å². The predicted molar refractivity (Wildman–Crippen MR) is 290 cm³/mol. The first-order valence-electron chi connectivity index (χ1n) is 19.6. The number of phosphoric ester groups is 1. The zero-order valence-corrected chi connectivity index (χ0v) is 44.6. The molecule has 0 saturated heterocycles. The fourth-order valence-corrected chi connectivity index (χ4v) is 7.72. The molecule has 28 heteroatoms. The molecule has 0 aliphatic heterocycles. The van der Waals surface area contributed by atoms with Crippen molar-refractivity contribution < 1.29 is 37.9 Å². The normalized spacial score (nSPS) is 10.5. The molecule has 6 heterocycles. The molecule has 0 atom stereocenters. The Kier molecular flexibility index (Phi) is 27.1. The van der Waals surface area contributed by atoms with Crippen LogP contribution in [0, 0.1) is 0 Å². The zero-order valence-electron chi connectivity index (χ0n) is 36.4. The molecular formula is C42H55I2N12O10PS2V. The Morgan fingerprint density at radius 2 is 1.24 bits per heavy atom. The van der Waals surface area contributed by atoms with Gasteiger partial charge in [-0.25, -0.2) is 29.1 Å². The minimum absolute atomic E-state index is 0. The van der Waals surface area contributed by atoms with Crippen LogP contribution >= 0.6 is 70.5 Å². The molecule has 0 spiro atoms. The number of carbonyl (C=O) groups excluding carboxylic acids is 2. The summed E-state index contributed by atoms with van der Waals surface area (Å²) in [7, 11) is -1.22. The Labute approximate surface area is 439 Å². The van der Waals surface area contributed by atoms with Gasteiger partial charge in [0.2, 0.25) is 5.91 Å². The number of fused-ring (bicyclic) bond motifs is 2. The standard InChI is InChI=1S/C18H17N6O7PS.C17H14N6O3S.2C2H6.3CH4.2HI.V/c1-22-15-14(16(26)21-17(22)27)23(9-19-15)7-13(25)20-18-24(10-31-32(28,29)30)12(8-33-18)11-5-3-2-4-6-11;1-22-14-13(15(25)21-17(22)26)23(9-18-14)7-12(24)20-16-19-11(8-27-16)10-5-3-2-4-6-10;2*1-2;;;;;;/h2-6,8-9H,7,10H2,1H3,(H,21,26,27)(H2,28,29,30);2-6,8-9H,7H2,1H3,(H,19,20,24)(H,21,25,26);2*1-2H3;3*1H4;2*1H;/q;;;;;;;;;+2/p-2. The quantitative estimate of drug-likeness (QED) is 0.0678. The number of aromatic amines is 2. The van der Waals surface area contributed by atoms with Crippen molar-refractivity contribution in [2.75, 3.05) is 5.32 Å². The van der Waals surface area contributed by atoms with E-state index in [0.29, 0.717) is 20.3 Å². The molecule has 0 radical (unpaired) electrons. The zero-order chi connectivity index (χ0) is 49.4. The van der Waals surface area contributed by atoms with Crippen molar-refractivity contribution >= 4 is 110 Å². The molecule has 0 saturated carbocycles. The number of thiazole rings is 2. The third-order valence-corrected chi connectivity index (χ3v) is 10.7. The number of aryl methyl sites for hydroxylation is 2. The third-order valence-electron chi connectivity index (χ3n) is 8.63. The van der Waals surface area contributed by atoms with Gasteiger partial charge in [0.15, 0.2) is 32.3 Å². The summed E-state index contributed by atoms with van der Waals surface area (Å²) in [6, 6.07) is 18.6. The summed E-state index contributed by atoms with van der Waals surface area (Å²) in [5.74, 6) is -1.01. The van der Waals surface area contributed by atoms with Gasteiger partial charge in [0.05, 0.1) is 24.0 Å². The number of halogens is 2. The average molecular weight is 1290 g/mol. The number of nitrogens with zero attached hydrogens (tertiary/aromatic N) is 9. The molecule has 0 fully saturated rings. The number of carbonyl (C=O) groups is 2. The van der Waals surface area contributed by atoms with Gasteiger partial charge in [-0.15, -0.1) is 22.7 Å². The van der Waals surface area contributed by atoms with Crippen molar-refractivity contribution in [1.29, 1.82) is 0 Å². The molecule has 0 bridgehead atoms. The molecule has 6 aromatic heterocycles. The van der Waals surface area contributed by atoms with E-state index in [4.69, 9.17) is 9.79 Å². The molecule has 8 aromatic rings. The van der Waals surface area contributed by atoms with Gasteiger partial charge in [0.25, 0.3) is 17.0 Å². The number of H-pyrrole nitrogens is 2. The number of imidazole rings is 2. The number of aromatic nitrogens is 10. The Hall–Kier alpha value is -4.91. The number of hydrogen-bond donors (Lipinski definition) is 5. The van der Waals surface area contributed by atoms with E-state index < -0.39 is 43.0 Å². The number of amides is 2. The number of nitrogens with one attached hydrogen (secondary N) is 3. The first kappa shape index (κ1) is 63.1. The topological polar surface area (TPSA) is 288 Å². The summed E-state index contributed by atoms with van der Waals surface area (Å²) in [5, 5.41) is 6.72. The number of benzene rings is 2. The molecule has 2 amide bonds. The summed E-state index contributed by atoms with van der Waals surface area (Å²) in [6.07, 6.45) is 2.61. The second-order valence-corrected chi connectivity index (χ2v) is 27.4. The van der Waals surface area contributed by atoms with Crippen LogP contribution in [0.25, 0.3) is 44.8 Å². The van der Waals surface area contributed by atoms with Gasteiger partial charge < -0.3 is 24.2 Å². The molecule has 70 heavy (non-hydrogen) atoms. The van der Waals surface area contributed by atoms with Gasteiger partial charge in [-0.2, -0.15) is 4.99 Å². The minimum atomic E-state index is -4.78. The second-order valence-electron chi connectivity index (χ2n) is 12.7. The van der Waals surface area contributed by atoms with E-state index in [2.05, 4.69) is 79.7 Å². The van der Waals surface area contributed by atoms with E-state index in [0.717, 1.165) is 32.7 Å². The van der Waals surface area contributed by atoms with Gasteiger partial charge >= 0.3 is 68.6 Å². The van der Waals surface area contributed by atoms with E-state index in [1.165, 1.54) is 56.4 Å². The molecule has 22 nitrogen and oxygen atoms in total. The van der Waals surface area contributed by atoms with E-state index in [1.807, 2.05) is 69.5 Å². The number of rotatable bonds is 10. The van der Waals surface area contributed by atoms with E-state index in [9.17, 15) is 33.3 Å². The summed E-state index contributed by atoms with van der Waals surface area (Å²) in [6.45, 7) is 6.98. The third kappa shape index (κ3) is 16.6. The first-order valence-corrected chi connectivity index (χ1v) is 31.9. The monoisotopic (exact) mass is 1290 g/mol. The maximum absolute atomic E-state index is 12.7. The summed E-state index contributed by atoms with van der Waals surface area (Å²) in [4.78, 5) is 112. The average Bonchev–Trinajstić information content (AvgIpc) is 4.14. The van der Waals surface area contributed by atoms with Crippen LogP contribution in [0.1, 0.15) is 50.0 Å². The Balaban J connectivity index is 0.000000605. The van der Waals surface area contributed by atoms with Crippen LogP contribution in [0.5, 0.6) is 0 Å². The fraction of sp³-hybridized carbons (Fsp3) is 0.286. The summed E-state index contributed by atoms with van der Waals surface area (Å²) >= 11 is 7.13. The van der Waals surface area contributed by atoms with Crippen LogP contribution < -0.4 is 32.6 Å². The SMILES string of the molecule is C.C.C.CC.CC.Cn1c(=O)[nH]c(=O)c2c1ncn2CC(=O)N=c1scc(-c2ccccc2)n1COP(=O)(O)O.Cn1c(=O)[nH]c(=O)c2c1ncn2CC(=O)Nc1nc(-c2ccccc2)cs1.[I][V][I]. The van der Waals surface area contributed by atoms with Gasteiger partial charge in [0, 0.05) is 30.4 Å². The molecular weight excluding hydrogens is 1230 g/mol. The second kappa shape index (κ2) is 30.1. The number of anilines is 1. The number of hydrogen-bond acceptors (Lipinski definition) is 13. The van der Waals surface area contributed by atoms with Gasteiger partial charge in [-0.1, -0.05) is 111 Å². The van der Waals surface area contributed by atoms with Gasteiger partial charge in [-0.3, -0.25) is 47.4 Å². The molecule has 0 aliphatic rings.